The Kier molecular flexibility index (Phi) is 4.53. The van der Waals surface area contributed by atoms with E-state index in [1.165, 1.54) is 10.4 Å². The van der Waals surface area contributed by atoms with Crippen LogP contribution in [0.3, 0.4) is 0 Å². The van der Waals surface area contributed by atoms with Crippen LogP contribution in [0.25, 0.3) is 0 Å². The highest BCUT2D eigenvalue weighted by atomic mass is 79.9. The van der Waals surface area contributed by atoms with E-state index in [1.54, 1.807) is 11.3 Å². The second-order valence-electron chi connectivity index (χ2n) is 3.62. The highest BCUT2D eigenvalue weighted by Gasteiger charge is 2.06. The van der Waals surface area contributed by atoms with Gasteiger partial charge in [0, 0.05) is 26.1 Å². The topological polar surface area (TPSA) is 12.0 Å². The first kappa shape index (κ1) is 13.4. The van der Waals surface area contributed by atoms with Gasteiger partial charge in [0.15, 0.2) is 0 Å². The van der Waals surface area contributed by atoms with E-state index in [-0.39, 0.29) is 0 Å². The first-order valence-corrected chi connectivity index (χ1v) is 7.78. The molecule has 2 aromatic rings. The average molecular weight is 396 g/mol. The molecule has 0 amide bonds. The molecule has 5 heteroatoms. The Morgan fingerprint density at radius 1 is 1.35 bits per heavy atom. The molecule has 90 valence electrons. The Hall–Kier alpha value is -0.0300. The second-order valence-corrected chi connectivity index (χ2v) is 7.01. The molecule has 1 N–H and O–H groups in total. The van der Waals surface area contributed by atoms with Crippen LogP contribution >= 0.6 is 54.8 Å². The predicted molar refractivity (Wildman–Crippen MR) is 83.2 cm³/mol. The lowest BCUT2D eigenvalue weighted by Crippen LogP contribution is -1.98. The summed E-state index contributed by atoms with van der Waals surface area (Å²) >= 11 is 14.6. The third-order valence-corrected chi connectivity index (χ3v) is 5.87. The standard InChI is InChI=1S/C12H10Br2ClNS/c1-7-3-2-4-10(11(7)14)16-6-8-5-9(13)12(15)17-8/h2-5,16H,6H2,1H3. The zero-order valence-electron chi connectivity index (χ0n) is 9.06. The Labute approximate surface area is 126 Å². The van der Waals surface area contributed by atoms with Crippen LogP contribution in [-0.2, 0) is 6.54 Å². The average Bonchev–Trinajstić information content (AvgIpc) is 2.61. The molecule has 0 aliphatic carbocycles. The van der Waals surface area contributed by atoms with Gasteiger partial charge in [-0.3, -0.25) is 0 Å². The summed E-state index contributed by atoms with van der Waals surface area (Å²) in [7, 11) is 0. The predicted octanol–water partition coefficient (Wildman–Crippen LogP) is 5.85. The maximum Gasteiger partial charge on any atom is 0.107 e. The number of nitrogens with one attached hydrogen (secondary N) is 1. The summed E-state index contributed by atoms with van der Waals surface area (Å²) in [4.78, 5) is 1.20. The van der Waals surface area contributed by atoms with Gasteiger partial charge in [-0.25, -0.2) is 0 Å². The number of hydrogen-bond donors (Lipinski definition) is 1. The van der Waals surface area contributed by atoms with Crippen LogP contribution in [0.15, 0.2) is 33.2 Å². The van der Waals surface area contributed by atoms with Gasteiger partial charge in [0.1, 0.15) is 4.34 Å². The molecule has 1 heterocycles. The SMILES string of the molecule is Cc1cccc(NCc2cc(Br)c(Cl)s2)c1Br. The smallest absolute Gasteiger partial charge is 0.107 e. The molecule has 0 unspecified atom stereocenters. The fraction of sp³-hybridized carbons (Fsp3) is 0.167. The van der Waals surface area contributed by atoms with Crippen LogP contribution in [0.2, 0.25) is 4.34 Å². The highest BCUT2D eigenvalue weighted by Crippen LogP contribution is 2.33. The van der Waals surface area contributed by atoms with E-state index >= 15 is 0 Å². The van der Waals surface area contributed by atoms with Crippen molar-refractivity contribution in [3.05, 3.63) is 48.0 Å². The Bertz CT molecular complexity index is 520. The number of hydrogen-bond acceptors (Lipinski definition) is 2. The number of benzene rings is 1. The van der Waals surface area contributed by atoms with Crippen LogP contribution in [-0.4, -0.2) is 0 Å². The third kappa shape index (κ3) is 3.25. The summed E-state index contributed by atoms with van der Waals surface area (Å²) in [5.74, 6) is 0. The molecule has 17 heavy (non-hydrogen) atoms. The number of halogens is 3. The molecule has 2 rings (SSSR count). The quantitative estimate of drug-likeness (QED) is 0.688. The summed E-state index contributed by atoms with van der Waals surface area (Å²) < 4.78 is 2.87. The van der Waals surface area contributed by atoms with Crippen LogP contribution in [0, 0.1) is 6.92 Å². The van der Waals surface area contributed by atoms with Gasteiger partial charge in [-0.05, 0) is 56.5 Å². The zero-order chi connectivity index (χ0) is 12.4. The summed E-state index contributed by atoms with van der Waals surface area (Å²) in [6.45, 7) is 2.85. The first-order valence-electron chi connectivity index (χ1n) is 5.00. The molecule has 0 fully saturated rings. The van der Waals surface area contributed by atoms with E-state index in [0.717, 1.165) is 25.5 Å². The van der Waals surface area contributed by atoms with E-state index in [0.29, 0.717) is 0 Å². The monoisotopic (exact) mass is 393 g/mol. The summed E-state index contributed by atoms with van der Waals surface area (Å²) in [5, 5.41) is 3.39. The largest absolute Gasteiger partial charge is 0.379 e. The molecule has 0 radical (unpaired) electrons. The Morgan fingerprint density at radius 2 is 2.12 bits per heavy atom. The molecular weight excluding hydrogens is 385 g/mol. The fourth-order valence-corrected chi connectivity index (χ4v) is 3.58. The highest BCUT2D eigenvalue weighted by molar-refractivity contribution is 9.11. The Morgan fingerprint density at radius 3 is 2.76 bits per heavy atom. The molecule has 0 aliphatic heterocycles. The van der Waals surface area contributed by atoms with E-state index in [1.807, 2.05) is 12.1 Å². The number of thiophene rings is 1. The molecule has 1 aromatic heterocycles. The zero-order valence-corrected chi connectivity index (χ0v) is 13.8. The van der Waals surface area contributed by atoms with Crippen LogP contribution in [0.1, 0.15) is 10.4 Å². The molecule has 0 atom stereocenters. The van der Waals surface area contributed by atoms with Crippen molar-refractivity contribution >= 4 is 60.5 Å². The fourth-order valence-electron chi connectivity index (χ4n) is 1.44. The minimum Gasteiger partial charge on any atom is -0.379 e. The molecule has 1 nitrogen and oxygen atoms in total. The Balaban J connectivity index is 2.10. The van der Waals surface area contributed by atoms with Gasteiger partial charge in [-0.1, -0.05) is 23.7 Å². The molecular formula is C12H10Br2ClNS. The number of anilines is 1. The lowest BCUT2D eigenvalue weighted by molar-refractivity contribution is 1.18. The summed E-state index contributed by atoms with van der Waals surface area (Å²) in [6.07, 6.45) is 0. The van der Waals surface area contributed by atoms with Crippen molar-refractivity contribution in [1.82, 2.24) is 0 Å². The van der Waals surface area contributed by atoms with E-state index in [2.05, 4.69) is 56.2 Å². The molecule has 0 saturated carbocycles. The number of aryl methyl sites for hydroxylation is 1. The summed E-state index contributed by atoms with van der Waals surface area (Å²) in [6, 6.07) is 8.22. The van der Waals surface area contributed by atoms with Gasteiger partial charge in [0.2, 0.25) is 0 Å². The maximum atomic E-state index is 6.00. The summed E-state index contributed by atoms with van der Waals surface area (Å²) in [5.41, 5.74) is 2.33. The van der Waals surface area contributed by atoms with Crippen molar-refractivity contribution in [3.8, 4) is 0 Å². The normalized spacial score (nSPS) is 10.6. The minimum atomic E-state index is 0.776. The van der Waals surface area contributed by atoms with Crippen LogP contribution < -0.4 is 5.32 Å². The third-order valence-electron chi connectivity index (χ3n) is 2.34. The second kappa shape index (κ2) is 5.74. The van der Waals surface area contributed by atoms with E-state index in [4.69, 9.17) is 11.6 Å². The maximum absolute atomic E-state index is 6.00. The van der Waals surface area contributed by atoms with Gasteiger partial charge in [0.25, 0.3) is 0 Å². The van der Waals surface area contributed by atoms with Gasteiger partial charge in [-0.15, -0.1) is 11.3 Å². The van der Waals surface area contributed by atoms with Gasteiger partial charge >= 0.3 is 0 Å². The molecule has 0 spiro atoms. The lowest BCUT2D eigenvalue weighted by atomic mass is 10.2. The van der Waals surface area contributed by atoms with Crippen molar-refractivity contribution in [2.45, 2.75) is 13.5 Å². The van der Waals surface area contributed by atoms with Crippen LogP contribution in [0.5, 0.6) is 0 Å². The first-order chi connectivity index (χ1) is 8.08. The van der Waals surface area contributed by atoms with Gasteiger partial charge in [-0.2, -0.15) is 0 Å². The van der Waals surface area contributed by atoms with Crippen molar-refractivity contribution in [2.24, 2.45) is 0 Å². The van der Waals surface area contributed by atoms with Crippen LogP contribution in [0.4, 0.5) is 5.69 Å². The van der Waals surface area contributed by atoms with Crippen molar-refractivity contribution in [1.29, 1.82) is 0 Å². The molecule has 1 aromatic carbocycles. The molecule has 0 bridgehead atoms. The lowest BCUT2D eigenvalue weighted by Gasteiger charge is -2.08. The van der Waals surface area contributed by atoms with Crippen molar-refractivity contribution in [3.63, 3.8) is 0 Å². The molecule has 0 saturated heterocycles. The van der Waals surface area contributed by atoms with Crippen molar-refractivity contribution in [2.75, 3.05) is 5.32 Å². The van der Waals surface area contributed by atoms with Gasteiger partial charge in [0.05, 0.1) is 0 Å². The van der Waals surface area contributed by atoms with E-state index < -0.39 is 0 Å². The van der Waals surface area contributed by atoms with Crippen molar-refractivity contribution < 1.29 is 0 Å². The number of rotatable bonds is 3. The van der Waals surface area contributed by atoms with Gasteiger partial charge < -0.3 is 5.32 Å². The van der Waals surface area contributed by atoms with E-state index in [9.17, 15) is 0 Å². The molecule has 0 aliphatic rings. The minimum absolute atomic E-state index is 0.776.